The van der Waals surface area contributed by atoms with E-state index >= 15 is 0 Å². The van der Waals surface area contributed by atoms with Crippen molar-refractivity contribution >= 4 is 23.0 Å². The number of nitrogens with zero attached hydrogens (tertiary/aromatic N) is 2. The molecule has 1 aromatic carbocycles. The highest BCUT2D eigenvalue weighted by atomic mass is 16.6. The van der Waals surface area contributed by atoms with E-state index in [1.165, 1.54) is 5.39 Å². The Kier molecular flexibility index (Phi) is 5.58. The fourth-order valence-electron chi connectivity index (χ4n) is 3.28. The second-order valence-corrected chi connectivity index (χ2v) is 7.86. The lowest BCUT2D eigenvalue weighted by Gasteiger charge is -2.23. The molecule has 0 spiro atoms. The molecule has 3 rings (SSSR count). The van der Waals surface area contributed by atoms with Crippen molar-refractivity contribution in [3.63, 3.8) is 0 Å². The Labute approximate surface area is 160 Å². The van der Waals surface area contributed by atoms with Crippen LogP contribution < -0.4 is 10.6 Å². The number of fused-ring (bicyclic) bond motifs is 1. The summed E-state index contributed by atoms with van der Waals surface area (Å²) < 4.78 is 5.34. The monoisotopic (exact) mass is 371 g/mol. The highest BCUT2D eigenvalue weighted by Crippen LogP contribution is 2.15. The van der Waals surface area contributed by atoms with Crippen LogP contribution >= 0.6 is 0 Å². The molecule has 1 atom stereocenters. The summed E-state index contributed by atoms with van der Waals surface area (Å²) in [5.41, 5.74) is 1.76. The number of likely N-dealkylation sites (tertiary alicyclic amines) is 1. The minimum atomic E-state index is -0.487. The zero-order valence-corrected chi connectivity index (χ0v) is 16.5. The molecule has 1 amide bonds. The van der Waals surface area contributed by atoms with Crippen LogP contribution in [0.3, 0.4) is 0 Å². The van der Waals surface area contributed by atoms with Gasteiger partial charge in [-0.05, 0) is 44.7 Å². The van der Waals surface area contributed by atoms with Gasteiger partial charge in [-0.15, -0.1) is 0 Å². The zero-order valence-electron chi connectivity index (χ0n) is 16.5. The number of H-pyrrole nitrogens is 1. The Bertz CT molecular complexity index is 788. The third kappa shape index (κ3) is 5.15. The van der Waals surface area contributed by atoms with E-state index in [1.54, 1.807) is 7.05 Å². The summed E-state index contributed by atoms with van der Waals surface area (Å²) in [4.78, 5) is 21.9. The summed E-state index contributed by atoms with van der Waals surface area (Å²) in [6.07, 6.45) is 0.502. The summed E-state index contributed by atoms with van der Waals surface area (Å²) in [5, 5.41) is 7.55. The quantitative estimate of drug-likeness (QED) is 0.572. The third-order valence-corrected chi connectivity index (χ3v) is 4.44. The number of aromatic nitrogens is 1. The van der Waals surface area contributed by atoms with Crippen LogP contribution in [0.2, 0.25) is 0 Å². The number of hydrogen-bond donors (Lipinski definition) is 3. The van der Waals surface area contributed by atoms with Crippen molar-refractivity contribution in [2.24, 2.45) is 4.99 Å². The van der Waals surface area contributed by atoms with E-state index in [0.717, 1.165) is 30.1 Å². The van der Waals surface area contributed by atoms with E-state index in [2.05, 4.69) is 43.7 Å². The molecule has 0 radical (unpaired) electrons. The van der Waals surface area contributed by atoms with Crippen LogP contribution in [0.5, 0.6) is 0 Å². The zero-order chi connectivity index (χ0) is 19.4. The normalized spacial score (nSPS) is 18.0. The number of ether oxygens (including phenoxy) is 1. The molecule has 1 saturated heterocycles. The number of rotatable bonds is 3. The molecule has 146 valence electrons. The Morgan fingerprint density at radius 3 is 2.85 bits per heavy atom. The predicted octanol–water partition coefficient (Wildman–Crippen LogP) is 2.84. The molecule has 27 heavy (non-hydrogen) atoms. The summed E-state index contributed by atoms with van der Waals surface area (Å²) in [7, 11) is 1.78. The van der Waals surface area contributed by atoms with E-state index in [-0.39, 0.29) is 12.1 Å². The number of guanidine groups is 1. The molecular weight excluding hydrogens is 342 g/mol. The molecule has 0 aliphatic carbocycles. The van der Waals surface area contributed by atoms with Crippen molar-refractivity contribution < 1.29 is 9.53 Å². The van der Waals surface area contributed by atoms with Crippen molar-refractivity contribution in [1.29, 1.82) is 0 Å². The Balaban J connectivity index is 1.51. The van der Waals surface area contributed by atoms with Crippen molar-refractivity contribution in [3.8, 4) is 0 Å². The lowest BCUT2D eigenvalue weighted by atomic mass is 10.2. The lowest BCUT2D eigenvalue weighted by molar-refractivity contribution is 0.0507. The van der Waals surface area contributed by atoms with Gasteiger partial charge < -0.3 is 25.3 Å². The highest BCUT2D eigenvalue weighted by molar-refractivity contribution is 5.82. The average molecular weight is 371 g/mol. The van der Waals surface area contributed by atoms with Gasteiger partial charge in [0.25, 0.3) is 0 Å². The van der Waals surface area contributed by atoms with Crippen molar-refractivity contribution in [2.75, 3.05) is 20.1 Å². The van der Waals surface area contributed by atoms with Gasteiger partial charge in [-0.2, -0.15) is 0 Å². The second-order valence-electron chi connectivity index (χ2n) is 7.86. The first-order valence-electron chi connectivity index (χ1n) is 9.36. The number of alkyl carbamates (subject to hydrolysis) is 1. The van der Waals surface area contributed by atoms with Gasteiger partial charge >= 0.3 is 6.09 Å². The van der Waals surface area contributed by atoms with Crippen molar-refractivity contribution in [2.45, 2.75) is 45.4 Å². The van der Waals surface area contributed by atoms with Gasteiger partial charge in [0, 0.05) is 31.3 Å². The fourth-order valence-corrected chi connectivity index (χ4v) is 3.28. The largest absolute Gasteiger partial charge is 0.444 e. The minimum Gasteiger partial charge on any atom is -0.444 e. The number of aliphatic imine (C=N–C) groups is 1. The van der Waals surface area contributed by atoms with Crippen LogP contribution in [-0.2, 0) is 11.3 Å². The fraction of sp³-hybridized carbons (Fsp3) is 0.500. The van der Waals surface area contributed by atoms with Crippen LogP contribution in [0.4, 0.5) is 4.79 Å². The molecule has 2 aromatic rings. The van der Waals surface area contributed by atoms with Crippen LogP contribution in [0.1, 0.15) is 32.9 Å². The summed E-state index contributed by atoms with van der Waals surface area (Å²) in [6, 6.07) is 10.4. The number of para-hydroxylation sites is 1. The Morgan fingerprint density at radius 2 is 2.15 bits per heavy atom. The molecule has 7 nitrogen and oxygen atoms in total. The number of benzene rings is 1. The number of aromatic amines is 1. The van der Waals surface area contributed by atoms with Gasteiger partial charge in [0.05, 0.1) is 12.6 Å². The van der Waals surface area contributed by atoms with E-state index in [0.29, 0.717) is 13.1 Å². The van der Waals surface area contributed by atoms with Crippen molar-refractivity contribution in [1.82, 2.24) is 20.5 Å². The standard InChI is InChI=1S/C20H29N5O2/c1-20(2,3)27-19(26)24-15-9-10-25(13-15)18(21-4)22-12-16-11-14-7-5-6-8-17(14)23-16/h5-8,11,15,23H,9-10,12-13H2,1-4H3,(H,21,22)(H,24,26). The smallest absolute Gasteiger partial charge is 0.407 e. The molecule has 7 heteroatoms. The maximum atomic E-state index is 12.0. The van der Waals surface area contributed by atoms with Crippen LogP contribution in [-0.4, -0.2) is 53.7 Å². The molecule has 2 heterocycles. The van der Waals surface area contributed by atoms with Crippen LogP contribution in [0.25, 0.3) is 10.9 Å². The van der Waals surface area contributed by atoms with Crippen molar-refractivity contribution in [3.05, 3.63) is 36.0 Å². The van der Waals surface area contributed by atoms with Gasteiger partial charge in [0.1, 0.15) is 5.60 Å². The second kappa shape index (κ2) is 7.90. The number of carbonyl (C=O) groups is 1. The first-order valence-corrected chi connectivity index (χ1v) is 9.36. The minimum absolute atomic E-state index is 0.0616. The number of nitrogens with one attached hydrogen (secondary N) is 3. The molecule has 1 fully saturated rings. The maximum absolute atomic E-state index is 12.0. The maximum Gasteiger partial charge on any atom is 0.407 e. The highest BCUT2D eigenvalue weighted by Gasteiger charge is 2.27. The predicted molar refractivity (Wildman–Crippen MR) is 108 cm³/mol. The van der Waals surface area contributed by atoms with E-state index in [4.69, 9.17) is 4.74 Å². The van der Waals surface area contributed by atoms with Gasteiger partial charge in [0.15, 0.2) is 5.96 Å². The summed E-state index contributed by atoms with van der Waals surface area (Å²) >= 11 is 0. The van der Waals surface area contributed by atoms with E-state index in [1.807, 2.05) is 32.9 Å². The molecular formula is C20H29N5O2. The molecule has 0 bridgehead atoms. The van der Waals surface area contributed by atoms with Crippen LogP contribution in [0.15, 0.2) is 35.3 Å². The molecule has 1 aliphatic rings. The first-order chi connectivity index (χ1) is 12.8. The first kappa shape index (κ1) is 19.1. The van der Waals surface area contributed by atoms with Gasteiger partial charge in [-0.3, -0.25) is 4.99 Å². The van der Waals surface area contributed by atoms with Crippen LogP contribution in [0, 0.1) is 0 Å². The molecule has 1 aromatic heterocycles. The average Bonchev–Trinajstić information content (AvgIpc) is 3.20. The lowest BCUT2D eigenvalue weighted by Crippen LogP contribution is -2.44. The Hall–Kier alpha value is -2.70. The molecule has 1 unspecified atom stereocenters. The molecule has 1 aliphatic heterocycles. The number of carbonyl (C=O) groups excluding carboxylic acids is 1. The van der Waals surface area contributed by atoms with E-state index < -0.39 is 5.60 Å². The topological polar surface area (TPSA) is 81.8 Å². The third-order valence-electron chi connectivity index (χ3n) is 4.44. The van der Waals surface area contributed by atoms with E-state index in [9.17, 15) is 4.79 Å². The Morgan fingerprint density at radius 1 is 1.37 bits per heavy atom. The molecule has 3 N–H and O–H groups in total. The SMILES string of the molecule is CN=C(NCc1cc2ccccc2[nH]1)N1CCC(NC(=O)OC(C)(C)C)C1. The number of amides is 1. The van der Waals surface area contributed by atoms with Gasteiger partial charge in [-0.1, -0.05) is 18.2 Å². The summed E-state index contributed by atoms with van der Waals surface area (Å²) in [6.45, 7) is 7.82. The summed E-state index contributed by atoms with van der Waals surface area (Å²) in [5.74, 6) is 0.835. The number of hydrogen-bond acceptors (Lipinski definition) is 3. The van der Waals surface area contributed by atoms with Gasteiger partial charge in [-0.25, -0.2) is 4.79 Å². The van der Waals surface area contributed by atoms with Gasteiger partial charge in [0.2, 0.25) is 0 Å². The molecule has 0 saturated carbocycles.